The molecule has 0 atom stereocenters. The minimum Gasteiger partial charge on any atom is -0.480 e. The van der Waals surface area contributed by atoms with Crippen molar-refractivity contribution in [2.24, 2.45) is 0 Å². The third kappa shape index (κ3) is 4.22. The van der Waals surface area contributed by atoms with Crippen molar-refractivity contribution in [3.05, 3.63) is 24.5 Å². The van der Waals surface area contributed by atoms with Crippen LogP contribution in [0, 0.1) is 12.3 Å². The molecule has 1 aromatic rings. The van der Waals surface area contributed by atoms with Crippen LogP contribution in [-0.2, 0) is 4.79 Å². The maximum absolute atomic E-state index is 11.7. The van der Waals surface area contributed by atoms with Crippen LogP contribution in [0.2, 0.25) is 0 Å². The van der Waals surface area contributed by atoms with Crippen molar-refractivity contribution in [2.45, 2.75) is 0 Å². The molecule has 0 aliphatic rings. The van der Waals surface area contributed by atoms with Gasteiger partial charge < -0.3 is 15.3 Å². The van der Waals surface area contributed by atoms with Gasteiger partial charge in [0.2, 0.25) is 0 Å². The van der Waals surface area contributed by atoms with Gasteiger partial charge in [0.1, 0.15) is 6.54 Å². The molecule has 6 nitrogen and oxygen atoms in total. The number of urea groups is 1. The lowest BCUT2D eigenvalue weighted by Crippen LogP contribution is -2.39. The fourth-order valence-electron chi connectivity index (χ4n) is 1.11. The number of aromatic nitrogens is 1. The van der Waals surface area contributed by atoms with Crippen molar-refractivity contribution in [3.8, 4) is 12.3 Å². The Morgan fingerprint density at radius 3 is 2.88 bits per heavy atom. The number of nitrogens with one attached hydrogen (secondary N) is 1. The Kier molecular flexibility index (Phi) is 4.51. The number of nitrogens with zero attached hydrogens (tertiary/aromatic N) is 2. The molecule has 6 heteroatoms. The summed E-state index contributed by atoms with van der Waals surface area (Å²) in [7, 11) is 0. The molecule has 1 aromatic heterocycles. The minimum atomic E-state index is -1.12. The Morgan fingerprint density at radius 1 is 1.59 bits per heavy atom. The summed E-state index contributed by atoms with van der Waals surface area (Å²) in [5.74, 6) is 1.10. The van der Waals surface area contributed by atoms with Crippen LogP contribution in [0.15, 0.2) is 24.5 Å². The second-order valence-corrected chi connectivity index (χ2v) is 3.13. The Labute approximate surface area is 98.3 Å². The van der Waals surface area contributed by atoms with Gasteiger partial charge in [0.25, 0.3) is 0 Å². The highest BCUT2D eigenvalue weighted by Crippen LogP contribution is 2.04. The molecule has 0 aromatic carbocycles. The Morgan fingerprint density at radius 2 is 2.35 bits per heavy atom. The number of anilines is 1. The second kappa shape index (κ2) is 6.12. The van der Waals surface area contributed by atoms with Gasteiger partial charge in [-0.3, -0.25) is 9.78 Å². The molecule has 0 spiro atoms. The van der Waals surface area contributed by atoms with Gasteiger partial charge >= 0.3 is 12.0 Å². The molecule has 0 aliphatic carbocycles. The van der Waals surface area contributed by atoms with Gasteiger partial charge in [-0.05, 0) is 12.1 Å². The van der Waals surface area contributed by atoms with Gasteiger partial charge in [0.15, 0.2) is 0 Å². The predicted octanol–water partition coefficient (Wildman–Crippen LogP) is 0.633. The lowest BCUT2D eigenvalue weighted by atomic mass is 10.4. The van der Waals surface area contributed by atoms with E-state index < -0.39 is 18.5 Å². The van der Waals surface area contributed by atoms with Crippen molar-refractivity contribution >= 4 is 17.7 Å². The summed E-state index contributed by atoms with van der Waals surface area (Å²) in [5, 5.41) is 11.1. The topological polar surface area (TPSA) is 82.5 Å². The van der Waals surface area contributed by atoms with E-state index in [1.165, 1.54) is 6.20 Å². The standard InChI is InChI=1S/C11H11N3O3/c1-2-6-14(8-10(15)16)11(17)13-9-4-3-5-12-7-9/h1,3-5,7H,6,8H2,(H,13,17)(H,15,16). The molecule has 88 valence electrons. The van der Waals surface area contributed by atoms with Gasteiger partial charge in [-0.25, -0.2) is 4.79 Å². The van der Waals surface area contributed by atoms with E-state index in [2.05, 4.69) is 16.2 Å². The van der Waals surface area contributed by atoms with E-state index in [1.54, 1.807) is 18.3 Å². The number of carboxylic acids is 1. The van der Waals surface area contributed by atoms with Crippen LogP contribution in [0.25, 0.3) is 0 Å². The molecule has 0 saturated heterocycles. The van der Waals surface area contributed by atoms with Gasteiger partial charge in [0, 0.05) is 6.20 Å². The minimum absolute atomic E-state index is 0.0710. The molecule has 1 rings (SSSR count). The lowest BCUT2D eigenvalue weighted by Gasteiger charge is -2.18. The van der Waals surface area contributed by atoms with Crippen LogP contribution in [-0.4, -0.2) is 40.1 Å². The van der Waals surface area contributed by atoms with Gasteiger partial charge in [-0.1, -0.05) is 5.92 Å². The molecule has 2 amide bonds. The van der Waals surface area contributed by atoms with E-state index in [0.717, 1.165) is 4.90 Å². The molecule has 0 saturated carbocycles. The van der Waals surface area contributed by atoms with Crippen LogP contribution < -0.4 is 5.32 Å². The first kappa shape index (κ1) is 12.5. The maximum atomic E-state index is 11.7. The normalized spacial score (nSPS) is 9.12. The van der Waals surface area contributed by atoms with Crippen molar-refractivity contribution in [3.63, 3.8) is 0 Å². The van der Waals surface area contributed by atoms with E-state index in [4.69, 9.17) is 11.5 Å². The fourth-order valence-corrected chi connectivity index (χ4v) is 1.11. The SMILES string of the molecule is C#CCN(CC(=O)O)C(=O)Nc1cccnc1. The Bertz CT molecular complexity index is 439. The third-order valence-corrected chi connectivity index (χ3v) is 1.81. The van der Waals surface area contributed by atoms with Crippen molar-refractivity contribution in [2.75, 3.05) is 18.4 Å². The second-order valence-electron chi connectivity index (χ2n) is 3.13. The lowest BCUT2D eigenvalue weighted by molar-refractivity contribution is -0.137. The van der Waals surface area contributed by atoms with Crippen LogP contribution in [0.1, 0.15) is 0 Å². The van der Waals surface area contributed by atoms with Crippen molar-refractivity contribution in [1.82, 2.24) is 9.88 Å². The highest BCUT2D eigenvalue weighted by Gasteiger charge is 2.15. The molecule has 0 aliphatic heterocycles. The zero-order valence-electron chi connectivity index (χ0n) is 8.96. The number of carboxylic acid groups (broad SMARTS) is 1. The van der Waals surface area contributed by atoms with E-state index in [-0.39, 0.29) is 6.54 Å². The quantitative estimate of drug-likeness (QED) is 0.747. The summed E-state index contributed by atoms with van der Waals surface area (Å²) in [6.07, 6.45) is 8.07. The summed E-state index contributed by atoms with van der Waals surface area (Å²) in [4.78, 5) is 27.0. The molecule has 2 N–H and O–H groups in total. The predicted molar refractivity (Wildman–Crippen MR) is 61.3 cm³/mol. The summed E-state index contributed by atoms with van der Waals surface area (Å²) in [6.45, 7) is -0.519. The van der Waals surface area contributed by atoms with Gasteiger partial charge in [-0.2, -0.15) is 0 Å². The summed E-state index contributed by atoms with van der Waals surface area (Å²) < 4.78 is 0. The average molecular weight is 233 g/mol. The summed E-state index contributed by atoms with van der Waals surface area (Å²) >= 11 is 0. The van der Waals surface area contributed by atoms with E-state index in [9.17, 15) is 9.59 Å². The van der Waals surface area contributed by atoms with Crippen LogP contribution >= 0.6 is 0 Å². The number of aliphatic carboxylic acids is 1. The molecule has 1 heterocycles. The zero-order valence-corrected chi connectivity index (χ0v) is 8.96. The Hall–Kier alpha value is -2.55. The summed E-state index contributed by atoms with van der Waals surface area (Å²) in [6, 6.07) is 2.72. The zero-order chi connectivity index (χ0) is 12.7. The Balaban J connectivity index is 2.66. The number of carbonyl (C=O) groups excluding carboxylic acids is 1. The number of amides is 2. The third-order valence-electron chi connectivity index (χ3n) is 1.81. The number of hydrogen-bond donors (Lipinski definition) is 2. The van der Waals surface area contributed by atoms with Crippen LogP contribution in [0.4, 0.5) is 10.5 Å². The highest BCUT2D eigenvalue weighted by molar-refractivity contribution is 5.91. The molecule has 0 unspecified atom stereocenters. The number of rotatable bonds is 4. The number of terminal acetylenes is 1. The number of carbonyl (C=O) groups is 2. The van der Waals surface area contributed by atoms with Gasteiger partial charge in [0.05, 0.1) is 18.4 Å². The molecule has 0 fully saturated rings. The maximum Gasteiger partial charge on any atom is 0.323 e. The van der Waals surface area contributed by atoms with Gasteiger partial charge in [-0.15, -0.1) is 6.42 Å². The van der Waals surface area contributed by atoms with E-state index in [0.29, 0.717) is 5.69 Å². The first-order chi connectivity index (χ1) is 8.13. The first-order valence-electron chi connectivity index (χ1n) is 4.74. The van der Waals surface area contributed by atoms with E-state index >= 15 is 0 Å². The summed E-state index contributed by atoms with van der Waals surface area (Å²) in [5.41, 5.74) is 0.477. The van der Waals surface area contributed by atoms with Crippen LogP contribution in [0.5, 0.6) is 0 Å². The first-order valence-corrected chi connectivity index (χ1v) is 4.74. The number of hydrogen-bond acceptors (Lipinski definition) is 3. The van der Waals surface area contributed by atoms with Crippen LogP contribution in [0.3, 0.4) is 0 Å². The number of pyridine rings is 1. The average Bonchev–Trinajstić information content (AvgIpc) is 2.29. The molecule has 0 radical (unpaired) electrons. The fraction of sp³-hybridized carbons (Fsp3) is 0.182. The molecular formula is C11H11N3O3. The van der Waals surface area contributed by atoms with Crippen molar-refractivity contribution in [1.29, 1.82) is 0 Å². The monoisotopic (exact) mass is 233 g/mol. The molecule has 17 heavy (non-hydrogen) atoms. The van der Waals surface area contributed by atoms with Crippen molar-refractivity contribution < 1.29 is 14.7 Å². The molecular weight excluding hydrogens is 222 g/mol. The van der Waals surface area contributed by atoms with E-state index in [1.807, 2.05) is 0 Å². The molecule has 0 bridgehead atoms. The largest absolute Gasteiger partial charge is 0.480 e. The highest BCUT2D eigenvalue weighted by atomic mass is 16.4. The smallest absolute Gasteiger partial charge is 0.323 e.